The number of hydrogen-bond donors (Lipinski definition) is 4. The smallest absolute Gasteiger partial charge is 0.413 e. The van der Waals surface area contributed by atoms with Gasteiger partial charge in [0, 0.05) is 47.8 Å². The van der Waals surface area contributed by atoms with Crippen LogP contribution in [0.25, 0.3) is 0 Å². The molecule has 0 saturated carbocycles. The molecule has 0 spiro atoms. The number of rotatable bonds is 7. The van der Waals surface area contributed by atoms with Crippen LogP contribution in [0.4, 0.5) is 10.5 Å². The molecule has 0 radical (unpaired) electrons. The maximum Gasteiger partial charge on any atom is 0.413 e. The van der Waals surface area contributed by atoms with Gasteiger partial charge < -0.3 is 24.9 Å². The number of carboxylic acid groups (broad SMARTS) is 1. The van der Waals surface area contributed by atoms with E-state index >= 15 is 0 Å². The highest BCUT2D eigenvalue weighted by Crippen LogP contribution is 2.25. The normalized spacial score (nSPS) is 14.5. The fourth-order valence-electron chi connectivity index (χ4n) is 3.82. The molecule has 4 N–H and O–H groups in total. The Labute approximate surface area is 233 Å². The van der Waals surface area contributed by atoms with E-state index in [0.29, 0.717) is 42.8 Å². The lowest BCUT2D eigenvalue weighted by molar-refractivity contribution is -0.142. The Morgan fingerprint density at radius 1 is 1.12 bits per heavy atom. The molecule has 1 aliphatic heterocycles. The number of anilines is 1. The van der Waals surface area contributed by atoms with Gasteiger partial charge in [-0.3, -0.25) is 15.5 Å². The van der Waals surface area contributed by atoms with Crippen molar-refractivity contribution < 1.29 is 29.1 Å². The van der Waals surface area contributed by atoms with Crippen LogP contribution in [0.3, 0.4) is 0 Å². The number of nitrogens with zero attached hydrogens (tertiary/aromatic N) is 2. The first kappa shape index (κ1) is 29.7. The highest BCUT2D eigenvalue weighted by Gasteiger charge is 2.25. The second kappa shape index (κ2) is 13.8. The molecule has 0 unspecified atom stereocenters. The number of carboxylic acids is 1. The minimum Gasteiger partial charge on any atom is -0.479 e. The maximum atomic E-state index is 13.0. The van der Waals surface area contributed by atoms with E-state index < -0.39 is 24.3 Å². The molecule has 11 nitrogen and oxygen atoms in total. The summed E-state index contributed by atoms with van der Waals surface area (Å²) in [6, 6.07) is 6.95. The maximum absolute atomic E-state index is 13.0. The van der Waals surface area contributed by atoms with Gasteiger partial charge in [0.1, 0.15) is 11.4 Å². The van der Waals surface area contributed by atoms with Gasteiger partial charge in [-0.2, -0.15) is 0 Å². The van der Waals surface area contributed by atoms with E-state index in [4.69, 9.17) is 20.1 Å². The van der Waals surface area contributed by atoms with Gasteiger partial charge in [0.2, 0.25) is 6.61 Å². The number of ether oxygens (including phenoxy) is 1. The number of alkyl carbamates (subject to hydrolysis) is 1. The predicted molar refractivity (Wildman–Crippen MR) is 150 cm³/mol. The van der Waals surface area contributed by atoms with Crippen molar-refractivity contribution >= 4 is 35.4 Å². The predicted octanol–water partition coefficient (Wildman–Crippen LogP) is 3.44. The summed E-state index contributed by atoms with van der Waals surface area (Å²) in [6.45, 7) is 6.37. The highest BCUT2D eigenvalue weighted by molar-refractivity contribution is 6.04. The molecule has 0 aromatic heterocycles. The lowest BCUT2D eigenvalue weighted by Crippen LogP contribution is -2.36. The minimum atomic E-state index is -1.16. The zero-order valence-electron chi connectivity index (χ0n) is 22.8. The number of amides is 2. The first-order chi connectivity index (χ1) is 19.0. The van der Waals surface area contributed by atoms with Crippen LogP contribution in [0.5, 0.6) is 0 Å². The number of carbonyl (C=O) groups excluding carboxylic acids is 2. The van der Waals surface area contributed by atoms with Crippen LogP contribution in [-0.4, -0.2) is 71.5 Å². The number of hydrogen-bond acceptors (Lipinski definition) is 8. The highest BCUT2D eigenvalue weighted by atomic mass is 16.6. The number of amidine groups is 1. The van der Waals surface area contributed by atoms with Gasteiger partial charge in [0.15, 0.2) is 0 Å². The van der Waals surface area contributed by atoms with Crippen molar-refractivity contribution in [3.05, 3.63) is 58.7 Å². The molecule has 1 heterocycles. The number of carbonyl (C=O) groups is 3. The fraction of sp³-hybridized carbons (Fsp3) is 0.379. The van der Waals surface area contributed by atoms with E-state index in [-0.39, 0.29) is 11.7 Å². The Hall–Kier alpha value is -4.81. The second-order valence-electron chi connectivity index (χ2n) is 10.0. The van der Waals surface area contributed by atoms with Crippen molar-refractivity contribution in [3.63, 3.8) is 0 Å². The van der Waals surface area contributed by atoms with Gasteiger partial charge in [-0.25, -0.2) is 9.59 Å². The van der Waals surface area contributed by atoms with Crippen LogP contribution in [0.1, 0.15) is 45.6 Å². The number of benzene rings is 1. The lowest BCUT2D eigenvalue weighted by Gasteiger charge is -2.20. The summed E-state index contributed by atoms with van der Waals surface area (Å²) in [5.41, 5.74) is 2.32. The van der Waals surface area contributed by atoms with E-state index in [1.807, 2.05) is 0 Å². The third kappa shape index (κ3) is 9.49. The third-order valence-electron chi connectivity index (χ3n) is 5.63. The topological polar surface area (TPSA) is 153 Å². The van der Waals surface area contributed by atoms with Crippen LogP contribution in [0.15, 0.2) is 58.3 Å². The fourth-order valence-corrected chi connectivity index (χ4v) is 3.82. The van der Waals surface area contributed by atoms with Gasteiger partial charge in [0.25, 0.3) is 5.91 Å². The standard InChI is InChI=1S/C29H33N5O6/c1-29(2,3)40-28(38)33-26(30)21-9-11-23(12-10-21)31-14-6-7-20-8-13-24(27(37)34-15-4-5-16-34)22(17-20)18-32-39-19-25(35)36/h8-13,31H,4-5,14-17,19H2,1-3H3,(H,35,36)(H2,30,33,38). The molecular weight excluding hydrogens is 514 g/mol. The zero-order chi connectivity index (χ0) is 29.1. The van der Waals surface area contributed by atoms with Crippen LogP contribution in [0, 0.1) is 17.3 Å². The van der Waals surface area contributed by atoms with Crippen LogP contribution < -0.4 is 10.6 Å². The monoisotopic (exact) mass is 547 g/mol. The Morgan fingerprint density at radius 3 is 2.48 bits per heavy atom. The van der Waals surface area contributed by atoms with E-state index in [1.54, 1.807) is 62.1 Å². The summed E-state index contributed by atoms with van der Waals surface area (Å²) in [4.78, 5) is 42.0. The van der Waals surface area contributed by atoms with E-state index in [0.717, 1.165) is 24.1 Å². The van der Waals surface area contributed by atoms with Crippen LogP contribution in [0.2, 0.25) is 0 Å². The molecular formula is C29H33N5O6. The van der Waals surface area contributed by atoms with Crippen molar-refractivity contribution in [2.75, 3.05) is 31.6 Å². The second-order valence-corrected chi connectivity index (χ2v) is 10.0. The Morgan fingerprint density at radius 2 is 1.82 bits per heavy atom. The van der Waals surface area contributed by atoms with E-state index in [1.165, 1.54) is 0 Å². The van der Waals surface area contributed by atoms with Crippen molar-refractivity contribution in [1.82, 2.24) is 10.2 Å². The first-order valence-corrected chi connectivity index (χ1v) is 12.8. The summed E-state index contributed by atoms with van der Waals surface area (Å²) in [7, 11) is 0. The van der Waals surface area contributed by atoms with E-state index in [2.05, 4.69) is 33.5 Å². The third-order valence-corrected chi connectivity index (χ3v) is 5.63. The first-order valence-electron chi connectivity index (χ1n) is 12.8. The van der Waals surface area contributed by atoms with Crippen molar-refractivity contribution in [2.45, 2.75) is 45.6 Å². The molecule has 0 atom stereocenters. The molecule has 1 aromatic carbocycles. The average Bonchev–Trinajstić information content (AvgIpc) is 3.43. The number of nitrogens with one attached hydrogen (secondary N) is 3. The number of likely N-dealkylation sites (tertiary alicyclic amines) is 1. The number of aliphatic carboxylic acids is 1. The summed E-state index contributed by atoms with van der Waals surface area (Å²) in [5, 5.41) is 26.0. The molecule has 210 valence electrons. The van der Waals surface area contributed by atoms with Gasteiger partial charge in [-0.1, -0.05) is 11.8 Å². The van der Waals surface area contributed by atoms with Crippen molar-refractivity contribution in [3.8, 4) is 11.8 Å². The van der Waals surface area contributed by atoms with Gasteiger partial charge in [0.05, 0.1) is 12.1 Å². The van der Waals surface area contributed by atoms with Crippen LogP contribution >= 0.6 is 0 Å². The molecule has 40 heavy (non-hydrogen) atoms. The van der Waals surface area contributed by atoms with E-state index in [9.17, 15) is 14.4 Å². The molecule has 1 fully saturated rings. The summed E-state index contributed by atoms with van der Waals surface area (Å²) >= 11 is 0. The Balaban J connectivity index is 1.60. The molecule has 1 aliphatic carbocycles. The van der Waals surface area contributed by atoms with Gasteiger partial charge in [-0.05, 0) is 75.2 Å². The van der Waals surface area contributed by atoms with Crippen LogP contribution in [-0.2, 0) is 19.2 Å². The lowest BCUT2D eigenvalue weighted by atomic mass is 9.93. The van der Waals surface area contributed by atoms with Gasteiger partial charge in [-0.15, -0.1) is 0 Å². The zero-order valence-corrected chi connectivity index (χ0v) is 22.8. The Kier molecular flexibility index (Phi) is 10.3. The molecule has 1 saturated heterocycles. The molecule has 2 aliphatic rings. The molecule has 11 heteroatoms. The SMILES string of the molecule is CC(C)(C)OC(=O)NC(=N)c1ccc(NCC#CC2=CC=C(C(=O)N3CCCC3)C(=C=NOCC(=O)O)C2)cc1. The molecule has 0 bridgehead atoms. The minimum absolute atomic E-state index is 0.0683. The average molecular weight is 548 g/mol. The largest absolute Gasteiger partial charge is 0.479 e. The molecule has 3 rings (SSSR count). The van der Waals surface area contributed by atoms with Crippen molar-refractivity contribution in [1.29, 1.82) is 5.41 Å². The summed E-state index contributed by atoms with van der Waals surface area (Å²) < 4.78 is 5.17. The quantitative estimate of drug-likeness (QED) is 0.176. The molecule has 2 amide bonds. The molecule has 1 aromatic rings. The van der Waals surface area contributed by atoms with Gasteiger partial charge >= 0.3 is 12.1 Å². The summed E-state index contributed by atoms with van der Waals surface area (Å²) in [6.07, 6.45) is 5.02. The van der Waals surface area contributed by atoms with Crippen molar-refractivity contribution in [2.24, 2.45) is 5.16 Å². The number of allylic oxidation sites excluding steroid dienone is 3. The Bertz CT molecular complexity index is 1330. The summed E-state index contributed by atoms with van der Waals surface area (Å²) in [5.74, 6) is 7.45.